The number of nitrogens with one attached hydrogen (secondary N) is 2. The van der Waals surface area contributed by atoms with Crippen LogP contribution in [0.4, 0.5) is 37.5 Å². The van der Waals surface area contributed by atoms with Gasteiger partial charge in [-0.05, 0) is 36.8 Å². The average Bonchev–Trinajstić information content (AvgIpc) is 2.58. The van der Waals surface area contributed by atoms with E-state index in [1.54, 1.807) is 6.07 Å². The quantitative estimate of drug-likeness (QED) is 0.623. The number of hydrogen-bond acceptors (Lipinski definition) is 5. The van der Waals surface area contributed by atoms with Crippen LogP contribution in [0.5, 0.6) is 0 Å². The number of nitrogens with zero attached hydrogens (tertiary/aromatic N) is 2. The van der Waals surface area contributed by atoms with Gasteiger partial charge in [0.15, 0.2) is 23.3 Å². The van der Waals surface area contributed by atoms with Gasteiger partial charge in [-0.2, -0.15) is 0 Å². The minimum atomic E-state index is -0.967. The van der Waals surface area contributed by atoms with E-state index in [0.29, 0.717) is 22.2 Å². The fourth-order valence-electron chi connectivity index (χ4n) is 2.11. The van der Waals surface area contributed by atoms with Crippen LogP contribution in [0.3, 0.4) is 0 Å². The molecular weight excluding hydrogens is 348 g/mol. The van der Waals surface area contributed by atoms with E-state index in [4.69, 9.17) is 17.3 Å². The van der Waals surface area contributed by atoms with Crippen molar-refractivity contribution in [3.05, 3.63) is 64.9 Å². The van der Waals surface area contributed by atoms with Gasteiger partial charge in [-0.15, -0.1) is 0 Å². The summed E-state index contributed by atoms with van der Waals surface area (Å²) in [6.07, 6.45) is 1.30. The molecule has 0 amide bonds. The Morgan fingerprint density at radius 3 is 2.12 bits per heavy atom. The number of nitrogens with two attached hydrogens (primary N) is 1. The number of hydrogen-bond donors (Lipinski definition) is 3. The van der Waals surface area contributed by atoms with Crippen molar-refractivity contribution < 1.29 is 8.78 Å². The van der Waals surface area contributed by atoms with Crippen LogP contribution in [0.25, 0.3) is 0 Å². The van der Waals surface area contributed by atoms with Crippen molar-refractivity contribution in [1.82, 2.24) is 9.97 Å². The second-order valence-corrected chi connectivity index (χ2v) is 5.73. The third-order valence-electron chi connectivity index (χ3n) is 3.50. The molecule has 0 radical (unpaired) electrons. The summed E-state index contributed by atoms with van der Waals surface area (Å²) in [4.78, 5) is 8.13. The van der Waals surface area contributed by atoms with Crippen LogP contribution >= 0.6 is 11.6 Å². The van der Waals surface area contributed by atoms with Gasteiger partial charge in [0.05, 0.1) is 0 Å². The molecule has 0 saturated carbocycles. The van der Waals surface area contributed by atoms with E-state index in [0.717, 1.165) is 17.7 Å². The molecule has 1 aromatic heterocycles. The Labute approximate surface area is 147 Å². The van der Waals surface area contributed by atoms with Crippen LogP contribution in [0.1, 0.15) is 5.56 Å². The van der Waals surface area contributed by atoms with Gasteiger partial charge in [-0.25, -0.2) is 18.7 Å². The van der Waals surface area contributed by atoms with Gasteiger partial charge in [0.25, 0.3) is 0 Å². The van der Waals surface area contributed by atoms with Crippen LogP contribution in [0.15, 0.2) is 42.7 Å². The highest BCUT2D eigenvalue weighted by Gasteiger charge is 2.10. The summed E-state index contributed by atoms with van der Waals surface area (Å²) in [5.41, 5.74) is 8.26. The molecule has 0 bridgehead atoms. The third kappa shape index (κ3) is 3.77. The summed E-state index contributed by atoms with van der Waals surface area (Å²) in [5.74, 6) is -1.27. The molecule has 0 spiro atoms. The minimum Gasteiger partial charge on any atom is -0.393 e. The van der Waals surface area contributed by atoms with Gasteiger partial charge in [-0.3, -0.25) is 0 Å². The van der Waals surface area contributed by atoms with Crippen molar-refractivity contribution in [3.8, 4) is 0 Å². The third-order valence-corrected chi connectivity index (χ3v) is 3.91. The van der Waals surface area contributed by atoms with Crippen molar-refractivity contribution in [3.63, 3.8) is 0 Å². The molecule has 0 saturated heterocycles. The van der Waals surface area contributed by atoms with Gasteiger partial charge >= 0.3 is 0 Å². The molecule has 0 atom stereocenters. The van der Waals surface area contributed by atoms with Crippen LogP contribution < -0.4 is 16.4 Å². The lowest BCUT2D eigenvalue weighted by Gasteiger charge is -2.13. The highest BCUT2D eigenvalue weighted by atomic mass is 35.5. The number of benzene rings is 2. The normalized spacial score (nSPS) is 10.6. The molecule has 0 aliphatic heterocycles. The molecule has 0 unspecified atom stereocenters. The maximum absolute atomic E-state index is 13.3. The number of aromatic nitrogens is 2. The van der Waals surface area contributed by atoms with Gasteiger partial charge in [0.2, 0.25) is 0 Å². The first-order valence-corrected chi connectivity index (χ1v) is 7.67. The predicted octanol–water partition coefficient (Wildman–Crippen LogP) is 4.79. The number of rotatable bonds is 4. The molecule has 3 aromatic rings. The van der Waals surface area contributed by atoms with E-state index >= 15 is 0 Å². The van der Waals surface area contributed by atoms with Crippen LogP contribution in [-0.4, -0.2) is 9.97 Å². The number of halogens is 3. The van der Waals surface area contributed by atoms with Crippen molar-refractivity contribution in [1.29, 1.82) is 0 Å². The summed E-state index contributed by atoms with van der Waals surface area (Å²) in [5, 5.41) is 6.50. The zero-order valence-corrected chi connectivity index (χ0v) is 13.9. The Bertz CT molecular complexity index is 861. The van der Waals surface area contributed by atoms with Gasteiger partial charge in [0.1, 0.15) is 12.0 Å². The lowest BCUT2D eigenvalue weighted by Crippen LogP contribution is -2.05. The van der Waals surface area contributed by atoms with Crippen molar-refractivity contribution in [2.45, 2.75) is 6.92 Å². The molecule has 1 heterocycles. The lowest BCUT2D eigenvalue weighted by atomic mass is 10.2. The molecule has 5 nitrogen and oxygen atoms in total. The SMILES string of the molecule is Cc1ccc(Nc2ncnc(Nc3ccc(F)c(F)c3)c2N)cc1Cl. The molecule has 0 fully saturated rings. The lowest BCUT2D eigenvalue weighted by molar-refractivity contribution is 0.509. The second kappa shape index (κ2) is 6.90. The standard InChI is InChI=1S/C17H14ClF2N5/c1-9-2-3-10(6-12(9)18)24-16-15(21)17(23-8-22-16)25-11-4-5-13(19)14(20)7-11/h2-8H,21H2,1H3,(H2,22,23,24,25). The molecular formula is C17H14ClF2N5. The van der Waals surface area contributed by atoms with E-state index in [2.05, 4.69) is 20.6 Å². The fourth-order valence-corrected chi connectivity index (χ4v) is 2.29. The highest BCUT2D eigenvalue weighted by Crippen LogP contribution is 2.29. The van der Waals surface area contributed by atoms with Crippen LogP contribution in [0.2, 0.25) is 5.02 Å². The number of anilines is 5. The zero-order valence-electron chi connectivity index (χ0n) is 13.1. The van der Waals surface area contributed by atoms with Gasteiger partial charge < -0.3 is 16.4 Å². The van der Waals surface area contributed by atoms with E-state index in [1.807, 2.05) is 19.1 Å². The first kappa shape index (κ1) is 16.9. The Balaban J connectivity index is 1.86. The first-order valence-electron chi connectivity index (χ1n) is 7.30. The van der Waals surface area contributed by atoms with Crippen molar-refractivity contribution >= 4 is 40.3 Å². The topological polar surface area (TPSA) is 75.9 Å². The van der Waals surface area contributed by atoms with Crippen LogP contribution in [-0.2, 0) is 0 Å². The fraction of sp³-hybridized carbons (Fsp3) is 0.0588. The summed E-state index contributed by atoms with van der Waals surface area (Å²) in [6, 6.07) is 8.87. The largest absolute Gasteiger partial charge is 0.393 e. The number of nitrogen functional groups attached to an aromatic ring is 1. The Morgan fingerprint density at radius 1 is 0.920 bits per heavy atom. The molecule has 0 aliphatic rings. The molecule has 3 rings (SSSR count). The number of aryl methyl sites for hydroxylation is 1. The summed E-state index contributed by atoms with van der Waals surface area (Å²) < 4.78 is 26.3. The molecule has 128 valence electrons. The van der Waals surface area contributed by atoms with Crippen molar-refractivity contribution in [2.75, 3.05) is 16.4 Å². The monoisotopic (exact) mass is 361 g/mol. The molecule has 25 heavy (non-hydrogen) atoms. The van der Waals surface area contributed by atoms with E-state index in [9.17, 15) is 8.78 Å². The Morgan fingerprint density at radius 2 is 1.52 bits per heavy atom. The average molecular weight is 362 g/mol. The highest BCUT2D eigenvalue weighted by molar-refractivity contribution is 6.31. The maximum atomic E-state index is 13.3. The van der Waals surface area contributed by atoms with Gasteiger partial charge in [0, 0.05) is 22.5 Å². The zero-order chi connectivity index (χ0) is 18.0. The molecule has 0 aliphatic carbocycles. The Hall–Kier alpha value is -2.93. The summed E-state index contributed by atoms with van der Waals surface area (Å²) >= 11 is 6.10. The maximum Gasteiger partial charge on any atom is 0.160 e. The van der Waals surface area contributed by atoms with Crippen LogP contribution in [0, 0.1) is 18.6 Å². The second-order valence-electron chi connectivity index (χ2n) is 5.33. The summed E-state index contributed by atoms with van der Waals surface area (Å²) in [7, 11) is 0. The van der Waals surface area contributed by atoms with E-state index in [1.165, 1.54) is 12.4 Å². The molecule has 2 aromatic carbocycles. The molecule has 4 N–H and O–H groups in total. The van der Waals surface area contributed by atoms with E-state index in [-0.39, 0.29) is 11.5 Å². The smallest absolute Gasteiger partial charge is 0.160 e. The van der Waals surface area contributed by atoms with Gasteiger partial charge in [-0.1, -0.05) is 17.7 Å². The Kier molecular flexibility index (Phi) is 4.67. The van der Waals surface area contributed by atoms with Crippen molar-refractivity contribution in [2.24, 2.45) is 0 Å². The first-order chi connectivity index (χ1) is 11.9. The van der Waals surface area contributed by atoms with E-state index < -0.39 is 11.6 Å². The summed E-state index contributed by atoms with van der Waals surface area (Å²) in [6.45, 7) is 1.90. The minimum absolute atomic E-state index is 0.226. The molecule has 8 heteroatoms. The predicted molar refractivity (Wildman–Crippen MR) is 95.6 cm³/mol.